The molecule has 110 valence electrons. The van der Waals surface area contributed by atoms with Gasteiger partial charge in [0.05, 0.1) is 4.90 Å². The van der Waals surface area contributed by atoms with Crippen molar-refractivity contribution in [3.63, 3.8) is 0 Å². The summed E-state index contributed by atoms with van der Waals surface area (Å²) in [7, 11) is -3.90. The molecule has 0 aromatic heterocycles. The van der Waals surface area contributed by atoms with Gasteiger partial charge in [-0.05, 0) is 38.0 Å². The van der Waals surface area contributed by atoms with E-state index in [1.807, 2.05) is 0 Å². The molecule has 0 radical (unpaired) electrons. The Kier molecular flexibility index (Phi) is 4.19. The quantitative estimate of drug-likeness (QED) is 0.856. The fourth-order valence-electron chi connectivity index (χ4n) is 2.43. The van der Waals surface area contributed by atoms with Crippen molar-refractivity contribution < 1.29 is 22.0 Å². The van der Waals surface area contributed by atoms with Gasteiger partial charge in [0.1, 0.15) is 5.78 Å². The molecule has 4 nitrogen and oxygen atoms in total. The molecule has 1 fully saturated rings. The molecule has 1 atom stereocenters. The van der Waals surface area contributed by atoms with Crippen molar-refractivity contribution in [2.24, 2.45) is 0 Å². The first-order valence-corrected chi connectivity index (χ1v) is 7.72. The van der Waals surface area contributed by atoms with Gasteiger partial charge in [0, 0.05) is 19.0 Å². The van der Waals surface area contributed by atoms with Crippen LogP contribution in [0.3, 0.4) is 0 Å². The molecule has 1 aliphatic rings. The van der Waals surface area contributed by atoms with Crippen LogP contribution in [0.5, 0.6) is 0 Å². The molecular weight excluding hydrogens is 288 g/mol. The van der Waals surface area contributed by atoms with E-state index < -0.39 is 27.7 Å². The number of sulfonamides is 1. The normalized spacial score (nSPS) is 20.2. The van der Waals surface area contributed by atoms with Crippen molar-refractivity contribution in [3.8, 4) is 0 Å². The third-order valence-electron chi connectivity index (χ3n) is 3.34. The number of halogens is 2. The summed E-state index contributed by atoms with van der Waals surface area (Å²) < 4.78 is 52.1. The van der Waals surface area contributed by atoms with Crippen LogP contribution in [0.15, 0.2) is 23.1 Å². The number of benzene rings is 1. The van der Waals surface area contributed by atoms with E-state index in [0.29, 0.717) is 25.5 Å². The van der Waals surface area contributed by atoms with Crippen molar-refractivity contribution in [3.05, 3.63) is 29.8 Å². The highest BCUT2D eigenvalue weighted by Gasteiger charge is 2.36. The highest BCUT2D eigenvalue weighted by Crippen LogP contribution is 2.28. The van der Waals surface area contributed by atoms with Crippen LogP contribution < -0.4 is 0 Å². The Balaban J connectivity index is 2.33. The number of rotatable bonds is 4. The van der Waals surface area contributed by atoms with Gasteiger partial charge in [0.25, 0.3) is 0 Å². The molecule has 1 unspecified atom stereocenters. The monoisotopic (exact) mass is 303 g/mol. The first-order valence-electron chi connectivity index (χ1n) is 6.28. The van der Waals surface area contributed by atoms with Crippen LogP contribution in [0, 0.1) is 11.6 Å². The fraction of sp³-hybridized carbons (Fsp3) is 0.462. The molecule has 7 heteroatoms. The summed E-state index contributed by atoms with van der Waals surface area (Å²) in [4.78, 5) is 10.9. The molecule has 0 N–H and O–H groups in total. The Bertz CT molecular complexity index is 631. The minimum Gasteiger partial charge on any atom is -0.300 e. The van der Waals surface area contributed by atoms with Crippen molar-refractivity contribution in [1.82, 2.24) is 4.31 Å². The van der Waals surface area contributed by atoms with Crippen LogP contribution in [-0.2, 0) is 14.8 Å². The Morgan fingerprint density at radius 1 is 1.35 bits per heavy atom. The Labute approximate surface area is 116 Å². The van der Waals surface area contributed by atoms with E-state index in [9.17, 15) is 22.0 Å². The molecule has 2 rings (SSSR count). The average molecular weight is 303 g/mol. The van der Waals surface area contributed by atoms with E-state index in [4.69, 9.17) is 0 Å². The Hall–Kier alpha value is -1.34. The molecule has 1 heterocycles. The standard InChI is InChI=1S/C13H15F2NO3S/c1-9(17)7-10-3-2-6-16(10)20(18,19)11-4-5-12(14)13(15)8-11/h4-5,8,10H,2-3,6-7H2,1H3. The molecule has 20 heavy (non-hydrogen) atoms. The van der Waals surface area contributed by atoms with Gasteiger partial charge in [0.15, 0.2) is 11.6 Å². The summed E-state index contributed by atoms with van der Waals surface area (Å²) in [5.74, 6) is -2.39. The Morgan fingerprint density at radius 3 is 2.65 bits per heavy atom. The first kappa shape index (κ1) is 15.1. The maximum absolute atomic E-state index is 13.2. The van der Waals surface area contributed by atoms with E-state index in [0.717, 1.165) is 12.1 Å². The van der Waals surface area contributed by atoms with Gasteiger partial charge < -0.3 is 0 Å². The lowest BCUT2D eigenvalue weighted by Gasteiger charge is -2.23. The molecule has 0 aliphatic carbocycles. The van der Waals surface area contributed by atoms with Crippen molar-refractivity contribution in [2.45, 2.75) is 37.1 Å². The minimum absolute atomic E-state index is 0.0950. The molecule has 0 saturated carbocycles. The van der Waals surface area contributed by atoms with Gasteiger partial charge in [-0.25, -0.2) is 17.2 Å². The molecule has 1 aliphatic heterocycles. The van der Waals surface area contributed by atoms with Crippen molar-refractivity contribution in [1.29, 1.82) is 0 Å². The van der Waals surface area contributed by atoms with E-state index in [1.165, 1.54) is 11.2 Å². The van der Waals surface area contributed by atoms with Crippen molar-refractivity contribution >= 4 is 15.8 Å². The van der Waals surface area contributed by atoms with Crippen LogP contribution in [-0.4, -0.2) is 31.1 Å². The molecule has 1 aromatic carbocycles. The Morgan fingerprint density at radius 2 is 2.05 bits per heavy atom. The summed E-state index contributed by atoms with van der Waals surface area (Å²) in [5.41, 5.74) is 0. The molecule has 0 spiro atoms. The van der Waals surface area contributed by atoms with E-state index in [-0.39, 0.29) is 17.1 Å². The second-order valence-corrected chi connectivity index (χ2v) is 6.78. The lowest BCUT2D eigenvalue weighted by molar-refractivity contribution is -0.117. The molecule has 0 amide bonds. The topological polar surface area (TPSA) is 54.5 Å². The van der Waals surface area contributed by atoms with E-state index >= 15 is 0 Å². The second kappa shape index (κ2) is 5.57. The largest absolute Gasteiger partial charge is 0.300 e. The second-order valence-electron chi connectivity index (χ2n) is 4.89. The van der Waals surface area contributed by atoms with Gasteiger partial charge in [-0.15, -0.1) is 0 Å². The zero-order valence-electron chi connectivity index (χ0n) is 11.0. The fourth-order valence-corrected chi connectivity index (χ4v) is 4.14. The zero-order chi connectivity index (χ0) is 14.9. The third-order valence-corrected chi connectivity index (χ3v) is 5.29. The predicted octanol–water partition coefficient (Wildman–Crippen LogP) is 2.10. The SMILES string of the molecule is CC(=O)CC1CCCN1S(=O)(=O)c1ccc(F)c(F)c1. The maximum atomic E-state index is 13.2. The lowest BCUT2D eigenvalue weighted by Crippen LogP contribution is -2.36. The van der Waals surface area contributed by atoms with E-state index in [2.05, 4.69) is 0 Å². The third kappa shape index (κ3) is 2.88. The number of hydrogen-bond acceptors (Lipinski definition) is 3. The first-order chi connectivity index (χ1) is 9.32. The number of hydrogen-bond donors (Lipinski definition) is 0. The summed E-state index contributed by atoms with van der Waals surface area (Å²) in [6, 6.07) is 2.11. The summed E-state index contributed by atoms with van der Waals surface area (Å²) in [6.45, 7) is 1.69. The van der Waals surface area contributed by atoms with Gasteiger partial charge in [-0.2, -0.15) is 4.31 Å². The molecular formula is C13H15F2NO3S. The number of ketones is 1. The van der Waals surface area contributed by atoms with Gasteiger partial charge in [-0.3, -0.25) is 4.79 Å². The number of nitrogens with zero attached hydrogens (tertiary/aromatic N) is 1. The summed E-state index contributed by atoms with van der Waals surface area (Å²) >= 11 is 0. The highest BCUT2D eigenvalue weighted by atomic mass is 32.2. The number of Topliss-reactive ketones (excluding diaryl/α,β-unsaturated/α-hetero) is 1. The number of carbonyl (C=O) groups is 1. The van der Waals surface area contributed by atoms with Gasteiger partial charge >= 0.3 is 0 Å². The van der Waals surface area contributed by atoms with Gasteiger partial charge in [-0.1, -0.05) is 0 Å². The summed E-state index contributed by atoms with van der Waals surface area (Å²) in [6.07, 6.45) is 1.40. The smallest absolute Gasteiger partial charge is 0.243 e. The molecule has 1 saturated heterocycles. The van der Waals surface area contributed by atoms with Crippen LogP contribution in [0.4, 0.5) is 8.78 Å². The molecule has 0 bridgehead atoms. The predicted molar refractivity (Wildman–Crippen MR) is 68.6 cm³/mol. The zero-order valence-corrected chi connectivity index (χ0v) is 11.8. The highest BCUT2D eigenvalue weighted by molar-refractivity contribution is 7.89. The maximum Gasteiger partial charge on any atom is 0.243 e. The van der Waals surface area contributed by atoms with Crippen LogP contribution in [0.25, 0.3) is 0 Å². The average Bonchev–Trinajstić information content (AvgIpc) is 2.80. The minimum atomic E-state index is -3.90. The van der Waals surface area contributed by atoms with Crippen LogP contribution in [0.1, 0.15) is 26.2 Å². The lowest BCUT2D eigenvalue weighted by atomic mass is 10.1. The van der Waals surface area contributed by atoms with Crippen LogP contribution in [0.2, 0.25) is 0 Å². The number of carbonyl (C=O) groups excluding carboxylic acids is 1. The van der Waals surface area contributed by atoms with E-state index in [1.54, 1.807) is 0 Å². The van der Waals surface area contributed by atoms with Gasteiger partial charge in [0.2, 0.25) is 10.0 Å². The van der Waals surface area contributed by atoms with Crippen LogP contribution >= 0.6 is 0 Å². The summed E-state index contributed by atoms with van der Waals surface area (Å²) in [5, 5.41) is 0. The van der Waals surface area contributed by atoms with Crippen molar-refractivity contribution in [2.75, 3.05) is 6.54 Å². The molecule has 1 aromatic rings.